The smallest absolute Gasteiger partial charge is 0.296 e. The minimum Gasteiger partial charge on any atom is -0.392 e. The van der Waals surface area contributed by atoms with Gasteiger partial charge in [-0.25, -0.2) is 0 Å². The predicted molar refractivity (Wildman–Crippen MR) is 76.0 cm³/mol. The van der Waals surface area contributed by atoms with Crippen molar-refractivity contribution >= 4 is 39.7 Å². The van der Waals surface area contributed by atoms with Crippen LogP contribution in [0.3, 0.4) is 0 Å². The van der Waals surface area contributed by atoms with Gasteiger partial charge in [-0.1, -0.05) is 6.92 Å². The Balaban J connectivity index is 0.00000103. The molecular formula is C10H13BrClN5O2. The summed E-state index contributed by atoms with van der Waals surface area (Å²) in [6.07, 6.45) is 0.518. The zero-order valence-corrected chi connectivity index (χ0v) is 12.4. The quantitative estimate of drug-likeness (QED) is 0.344. The highest BCUT2D eigenvalue weighted by molar-refractivity contribution is 9.10. The summed E-state index contributed by atoms with van der Waals surface area (Å²) in [6.45, 7) is 1.98. The monoisotopic (exact) mass is 349 g/mol. The molecule has 0 amide bonds. The number of fused-ring (bicyclic) bond motifs is 1. The molecule has 0 saturated heterocycles. The number of hydrogen-bond donors (Lipinski definition) is 2. The first-order valence-electron chi connectivity index (χ1n) is 5.14. The molecule has 0 aliphatic heterocycles. The molecule has 0 aromatic heterocycles. The lowest BCUT2D eigenvalue weighted by Gasteiger charge is -2.10. The summed E-state index contributed by atoms with van der Waals surface area (Å²) in [5, 5.41) is 23.0. The molecule has 2 rings (SSSR count). The van der Waals surface area contributed by atoms with E-state index >= 15 is 0 Å². The highest BCUT2D eigenvalue weighted by atomic mass is 79.9. The molecule has 2 unspecified atom stereocenters. The number of nitrogen functional groups attached to an aromatic ring is 1. The van der Waals surface area contributed by atoms with Crippen molar-refractivity contribution in [3.63, 3.8) is 0 Å². The number of nitro groups is 1. The van der Waals surface area contributed by atoms with Crippen molar-refractivity contribution in [3.05, 3.63) is 31.8 Å². The third kappa shape index (κ3) is 2.94. The summed E-state index contributed by atoms with van der Waals surface area (Å²) in [5.41, 5.74) is 13.4. The summed E-state index contributed by atoms with van der Waals surface area (Å²) in [4.78, 5) is 10.6. The Bertz CT molecular complexity index is 522. The zero-order valence-electron chi connectivity index (χ0n) is 10.0. The molecule has 7 nitrogen and oxygen atoms in total. The van der Waals surface area contributed by atoms with Crippen LogP contribution < -0.4 is 11.5 Å². The number of halogens is 2. The molecule has 0 spiro atoms. The Hall–Kier alpha value is -1.43. The van der Waals surface area contributed by atoms with Gasteiger partial charge < -0.3 is 11.5 Å². The molecule has 0 heterocycles. The summed E-state index contributed by atoms with van der Waals surface area (Å²) in [6, 6.07) is 1.78. The summed E-state index contributed by atoms with van der Waals surface area (Å²) >= 11 is 3.25. The molecule has 0 saturated carbocycles. The van der Waals surface area contributed by atoms with Crippen LogP contribution >= 0.6 is 28.3 Å². The van der Waals surface area contributed by atoms with Crippen LogP contribution in [0.5, 0.6) is 0 Å². The summed E-state index contributed by atoms with van der Waals surface area (Å²) in [7, 11) is 0. The topological polar surface area (TPSA) is 143 Å². The highest BCUT2D eigenvalue weighted by Crippen LogP contribution is 2.43. The van der Waals surface area contributed by atoms with Gasteiger partial charge in [0.25, 0.3) is 5.69 Å². The van der Waals surface area contributed by atoms with E-state index in [1.807, 2.05) is 13.0 Å². The zero-order chi connectivity index (χ0) is 14.0. The van der Waals surface area contributed by atoms with Gasteiger partial charge in [-0.3, -0.25) is 10.1 Å². The Labute approximate surface area is 124 Å². The van der Waals surface area contributed by atoms with Gasteiger partial charge in [0.15, 0.2) is 0 Å². The number of nitro benzene ring substituents is 1. The normalized spacial score (nSPS) is 19.6. The van der Waals surface area contributed by atoms with E-state index in [4.69, 9.17) is 22.3 Å². The van der Waals surface area contributed by atoms with E-state index in [9.17, 15) is 10.1 Å². The van der Waals surface area contributed by atoms with Crippen molar-refractivity contribution in [2.24, 2.45) is 5.73 Å². The fourth-order valence-corrected chi connectivity index (χ4v) is 2.62. The van der Waals surface area contributed by atoms with Crippen LogP contribution in [0.4, 0.5) is 11.4 Å². The molecule has 9 heteroatoms. The first-order valence-corrected chi connectivity index (χ1v) is 5.93. The largest absolute Gasteiger partial charge is 0.392 e. The van der Waals surface area contributed by atoms with E-state index in [0.29, 0.717) is 16.5 Å². The Morgan fingerprint density at radius 3 is 2.53 bits per heavy atom. The molecule has 0 bridgehead atoms. The van der Waals surface area contributed by atoms with Crippen LogP contribution in [0.15, 0.2) is 10.5 Å². The molecule has 0 radical (unpaired) electrons. The number of anilines is 1. The summed E-state index contributed by atoms with van der Waals surface area (Å²) < 4.78 is 0.568. The number of nitrogens with zero attached hydrogens (tertiary/aromatic N) is 3. The molecule has 4 N–H and O–H groups in total. The molecule has 0 fully saturated rings. The van der Waals surface area contributed by atoms with Gasteiger partial charge in [0, 0.05) is 26.9 Å². The lowest BCUT2D eigenvalue weighted by molar-refractivity contribution is -0.384. The molecule has 1 aromatic carbocycles. The number of benzene rings is 1. The second-order valence-corrected chi connectivity index (χ2v) is 4.96. The first-order chi connectivity index (χ1) is 8.43. The fraction of sp³-hybridized carbons (Fsp3) is 0.400. The SMILES string of the molecule is CC1c2cc(Br)c(N)c([N+](=O)[O-])c2CC1N.Cl.N#N. The van der Waals surface area contributed by atoms with E-state index in [-0.39, 0.29) is 35.7 Å². The van der Waals surface area contributed by atoms with Crippen LogP contribution in [0.25, 0.3) is 0 Å². The van der Waals surface area contributed by atoms with Crippen molar-refractivity contribution in [2.75, 3.05) is 5.73 Å². The fourth-order valence-electron chi connectivity index (χ4n) is 2.19. The van der Waals surface area contributed by atoms with Gasteiger partial charge in [0.05, 0.1) is 4.92 Å². The minimum absolute atomic E-state index is 0. The van der Waals surface area contributed by atoms with E-state index in [1.54, 1.807) is 0 Å². The van der Waals surface area contributed by atoms with E-state index < -0.39 is 4.92 Å². The number of nitrogens with two attached hydrogens (primary N) is 2. The Kier molecular flexibility index (Phi) is 6.15. The van der Waals surface area contributed by atoms with Crippen molar-refractivity contribution in [2.45, 2.75) is 25.3 Å². The molecule has 2 atom stereocenters. The minimum atomic E-state index is -0.427. The maximum atomic E-state index is 11.0. The summed E-state index contributed by atoms with van der Waals surface area (Å²) in [5.74, 6) is 0.130. The second kappa shape index (κ2) is 6.65. The van der Waals surface area contributed by atoms with Gasteiger partial charge in [-0.15, -0.1) is 12.4 Å². The van der Waals surface area contributed by atoms with Gasteiger partial charge >= 0.3 is 0 Å². The number of hydrogen-bond acceptors (Lipinski definition) is 6. The van der Waals surface area contributed by atoms with Crippen molar-refractivity contribution in [3.8, 4) is 0 Å². The average molecular weight is 351 g/mol. The van der Waals surface area contributed by atoms with Gasteiger partial charge in [0.2, 0.25) is 0 Å². The molecule has 104 valence electrons. The predicted octanol–water partition coefficient (Wildman–Crippen LogP) is 2.38. The molecule has 1 aliphatic rings. The van der Waals surface area contributed by atoms with E-state index in [1.165, 1.54) is 0 Å². The molecule has 19 heavy (non-hydrogen) atoms. The average Bonchev–Trinajstić information content (AvgIpc) is 2.59. The van der Waals surface area contributed by atoms with Gasteiger partial charge in [0.1, 0.15) is 5.69 Å². The van der Waals surface area contributed by atoms with Crippen LogP contribution in [-0.4, -0.2) is 11.0 Å². The lowest BCUT2D eigenvalue weighted by Crippen LogP contribution is -2.22. The van der Waals surface area contributed by atoms with Crippen molar-refractivity contribution in [1.29, 1.82) is 10.8 Å². The van der Waals surface area contributed by atoms with E-state index in [2.05, 4.69) is 15.9 Å². The van der Waals surface area contributed by atoms with Crippen LogP contribution in [0.2, 0.25) is 0 Å². The maximum absolute atomic E-state index is 11.0. The van der Waals surface area contributed by atoms with Crippen molar-refractivity contribution in [1.82, 2.24) is 0 Å². The molecule has 1 aromatic rings. The first kappa shape index (κ1) is 17.6. The third-order valence-corrected chi connectivity index (χ3v) is 3.84. The Morgan fingerprint density at radius 1 is 1.53 bits per heavy atom. The highest BCUT2D eigenvalue weighted by Gasteiger charge is 2.34. The molecule has 1 aliphatic carbocycles. The van der Waals surface area contributed by atoms with Crippen molar-refractivity contribution < 1.29 is 4.92 Å². The standard InChI is InChI=1S/C10H12BrN3O2.ClH.N2/c1-4-5-2-7(11)9(13)10(14(15)16)6(5)3-8(4)12;;1-2/h2,4,8H,3,12-13H2,1H3;1H;. The van der Waals surface area contributed by atoms with Crippen LogP contribution in [0.1, 0.15) is 24.0 Å². The second-order valence-electron chi connectivity index (χ2n) is 4.10. The molecular weight excluding hydrogens is 338 g/mol. The van der Waals surface area contributed by atoms with E-state index in [0.717, 1.165) is 5.56 Å². The lowest BCUT2D eigenvalue weighted by atomic mass is 10.0. The Morgan fingerprint density at radius 2 is 2.05 bits per heavy atom. The maximum Gasteiger partial charge on any atom is 0.296 e. The van der Waals surface area contributed by atoms with Crippen LogP contribution in [-0.2, 0) is 6.42 Å². The number of rotatable bonds is 1. The van der Waals surface area contributed by atoms with Gasteiger partial charge in [-0.05, 0) is 39.9 Å². The van der Waals surface area contributed by atoms with Gasteiger partial charge in [-0.2, -0.15) is 0 Å². The third-order valence-electron chi connectivity index (χ3n) is 3.18. The van der Waals surface area contributed by atoms with Crippen LogP contribution in [0, 0.1) is 20.9 Å².